The quantitative estimate of drug-likeness (QED) is 0.0446. The Morgan fingerprint density at radius 2 is 0.606 bits per heavy atom. The van der Waals surface area contributed by atoms with Gasteiger partial charge in [0.05, 0.1) is 145 Å². The first-order chi connectivity index (χ1) is 50.0. The van der Waals surface area contributed by atoms with Gasteiger partial charge < -0.3 is 59.8 Å². The van der Waals surface area contributed by atoms with Crippen molar-refractivity contribution in [3.8, 4) is 68.5 Å². The smallest absolute Gasteiger partial charge is 0.119 e. The molecule has 0 aliphatic rings. The van der Waals surface area contributed by atoms with Crippen LogP contribution in [-0.4, -0.2) is 158 Å². The molecule has 0 bridgehead atoms. The molecule has 8 aromatic heterocycles. The molecule has 12 aromatic rings. The van der Waals surface area contributed by atoms with E-state index in [1.165, 1.54) is 11.1 Å². The minimum Gasteiger partial charge on any atom is -0.497 e. The van der Waals surface area contributed by atoms with E-state index in [1.807, 2.05) is 191 Å². The molecule has 0 fully saturated rings. The van der Waals surface area contributed by atoms with Crippen molar-refractivity contribution in [2.45, 2.75) is 165 Å². The number of ether oxygens (including phenoxy) is 4. The fourth-order valence-corrected chi connectivity index (χ4v) is 10.3. The zero-order chi connectivity index (χ0) is 77.3. The summed E-state index contributed by atoms with van der Waals surface area (Å²) in [6, 6.07) is 55.8. The van der Waals surface area contributed by atoms with E-state index in [0.717, 1.165) is 129 Å². The van der Waals surface area contributed by atoms with E-state index in [2.05, 4.69) is 65.9 Å². The maximum atomic E-state index is 8.56. The molecule has 0 saturated carbocycles. The summed E-state index contributed by atoms with van der Waals surface area (Å²) in [7, 11) is 6.67. The molecule has 0 amide bonds. The summed E-state index contributed by atoms with van der Waals surface area (Å²) in [5.74, 6) is 3.37. The summed E-state index contributed by atoms with van der Waals surface area (Å²) in [6.07, 6.45) is 4.35. The zero-order valence-electron chi connectivity index (χ0n) is 65.0. The molecule has 0 aliphatic heterocycles. The van der Waals surface area contributed by atoms with Crippen LogP contribution in [0.25, 0.3) is 89.2 Å². The number of pyridine rings is 8. The zero-order valence-corrected chi connectivity index (χ0v) is 74.5. The molecule has 4 radical (unpaired) electrons. The number of rotatable bonds is 16. The first kappa shape index (κ1) is 99.6. The van der Waals surface area contributed by atoms with Crippen LogP contribution in [0.15, 0.2) is 188 Å². The number of hydrogen-bond donors (Lipinski definition) is 8. The standard InChI is InChI=1S/C17H16N2O.3C16H14N2O.4C5H12O2.4Ir/c1-11-4-7-16(18-12(11)2)17-8-5-13-10-14(20-3)6-9-15(13)19-17;1-11-3-6-15(17-10-11)16-7-4-12-9-13(19-2)5-8-14(12)18-16;1-11-7-8-17-16(9-11)15-5-3-12-10-13(19-2)4-6-14(12)18-15;1-11-4-3-9-17-16(11)15-7-5-12-10-13(19-2)6-8-14(12)18-15;4*1-4(6)3-5(2)7;;;;/h4-10H,1-3H3;3*3-10H,1-2H3;4*4-7H,3H2,1-2H3;;;;. The molecule has 594 valence electrons. The molecule has 0 saturated heterocycles. The van der Waals surface area contributed by atoms with E-state index in [4.69, 9.17) is 59.8 Å². The van der Waals surface area contributed by atoms with Gasteiger partial charge in [-0.05, 0) is 265 Å². The molecule has 8 heterocycles. The van der Waals surface area contributed by atoms with Crippen molar-refractivity contribution in [3.63, 3.8) is 0 Å². The summed E-state index contributed by atoms with van der Waals surface area (Å²) >= 11 is 0. The van der Waals surface area contributed by atoms with Gasteiger partial charge in [-0.25, -0.2) is 19.9 Å². The maximum Gasteiger partial charge on any atom is 0.119 e. The number of aryl methyl sites for hydroxylation is 5. The third-order valence-electron chi connectivity index (χ3n) is 15.5. The molecule has 8 atom stereocenters. The van der Waals surface area contributed by atoms with Crippen molar-refractivity contribution in [3.05, 3.63) is 216 Å². The molecule has 24 heteroatoms. The summed E-state index contributed by atoms with van der Waals surface area (Å²) in [6.45, 7) is 23.5. The number of nitrogens with zero attached hydrogens (tertiary/aromatic N) is 8. The van der Waals surface area contributed by atoms with Gasteiger partial charge in [0.1, 0.15) is 23.0 Å². The average Bonchev–Trinajstić information content (AvgIpc) is 0.826. The Morgan fingerprint density at radius 1 is 0.284 bits per heavy atom. The van der Waals surface area contributed by atoms with Gasteiger partial charge in [0, 0.05) is 126 Å². The number of methoxy groups -OCH3 is 4. The molecule has 20 nitrogen and oxygen atoms in total. The molecule has 4 aromatic carbocycles. The second-order valence-electron chi connectivity index (χ2n) is 26.0. The van der Waals surface area contributed by atoms with Crippen LogP contribution in [0, 0.1) is 34.6 Å². The van der Waals surface area contributed by atoms with Crippen LogP contribution in [0.4, 0.5) is 0 Å². The second-order valence-corrected chi connectivity index (χ2v) is 26.0. The van der Waals surface area contributed by atoms with E-state index in [0.29, 0.717) is 25.7 Å². The van der Waals surface area contributed by atoms with Crippen molar-refractivity contribution in [1.29, 1.82) is 0 Å². The summed E-state index contributed by atoms with van der Waals surface area (Å²) in [4.78, 5) is 36.4. The van der Waals surface area contributed by atoms with E-state index in [-0.39, 0.29) is 129 Å². The number of aliphatic hydroxyl groups is 8. The average molecular weight is 2200 g/mol. The number of hydrogen-bond acceptors (Lipinski definition) is 20. The molecule has 12 rings (SSSR count). The molecule has 109 heavy (non-hydrogen) atoms. The Hall–Kier alpha value is -7.40. The predicted octanol–water partition coefficient (Wildman–Crippen LogP) is 15.3. The Kier molecular flexibility index (Phi) is 47.5. The molecule has 8 N–H and O–H groups in total. The number of aromatic nitrogens is 8. The van der Waals surface area contributed by atoms with Crippen molar-refractivity contribution < 1.29 is 140 Å². The van der Waals surface area contributed by atoms with Crippen LogP contribution in [0.1, 0.15) is 109 Å². The van der Waals surface area contributed by atoms with E-state index in [1.54, 1.807) is 90.0 Å². The number of aliphatic hydroxyl groups excluding tert-OH is 8. The van der Waals surface area contributed by atoms with Crippen LogP contribution in [0.5, 0.6) is 23.0 Å². The minimum atomic E-state index is -0.375. The molecular weight excluding hydrogens is 2090 g/mol. The Labute approximate surface area is 696 Å². The number of fused-ring (bicyclic) bond motifs is 4. The first-order valence-electron chi connectivity index (χ1n) is 34.9. The Balaban J connectivity index is 0.000000644. The maximum absolute atomic E-state index is 8.56. The molecule has 8 unspecified atom stereocenters. The fourth-order valence-electron chi connectivity index (χ4n) is 10.3. The van der Waals surface area contributed by atoms with Gasteiger partial charge in [0.25, 0.3) is 0 Å². The van der Waals surface area contributed by atoms with E-state index < -0.39 is 0 Å². The normalized spacial score (nSPS) is 12.4. The van der Waals surface area contributed by atoms with Crippen LogP contribution < -0.4 is 18.9 Å². The Morgan fingerprint density at radius 3 is 0.917 bits per heavy atom. The summed E-state index contributed by atoms with van der Waals surface area (Å²) in [5, 5.41) is 72.8. The minimum absolute atomic E-state index is 0. The van der Waals surface area contributed by atoms with Crippen LogP contribution in [0.3, 0.4) is 0 Å². The van der Waals surface area contributed by atoms with Gasteiger partial charge in [-0.1, -0.05) is 42.5 Å². The topological polar surface area (TPSA) is 302 Å². The van der Waals surface area contributed by atoms with Gasteiger partial charge in [0.15, 0.2) is 0 Å². The van der Waals surface area contributed by atoms with Crippen LogP contribution >= 0.6 is 0 Å². The third kappa shape index (κ3) is 36.1. The van der Waals surface area contributed by atoms with Gasteiger partial charge in [-0.3, -0.25) is 19.9 Å². The first-order valence-corrected chi connectivity index (χ1v) is 34.9. The second kappa shape index (κ2) is 51.9. The monoisotopic (exact) mass is 2200 g/mol. The van der Waals surface area contributed by atoms with Crippen LogP contribution in [0.2, 0.25) is 0 Å². The largest absolute Gasteiger partial charge is 0.497 e. The SMILES string of the molecule is CC(O)CC(C)O.CC(O)CC(C)O.CC(O)CC(C)O.CC(O)CC(C)O.COc1ccc2nc(-c3cc(C)ccn3)ccc2c1.COc1ccc2nc(-c3ccc(C)c(C)n3)ccc2c1.COc1ccc2nc(-c3ccc(C)cn3)ccc2c1.COc1ccc2nc(-c3ncccc3C)ccc2c1.[Ir].[Ir].[Ir].[Ir]. The van der Waals surface area contributed by atoms with E-state index >= 15 is 0 Å². The van der Waals surface area contributed by atoms with Crippen molar-refractivity contribution >= 4 is 43.6 Å². The molecule has 0 aliphatic carbocycles. The third-order valence-corrected chi connectivity index (χ3v) is 15.5. The van der Waals surface area contributed by atoms with Crippen molar-refractivity contribution in [2.75, 3.05) is 28.4 Å². The van der Waals surface area contributed by atoms with Crippen LogP contribution in [-0.2, 0) is 80.4 Å². The fraction of sp³-hybridized carbons (Fsp3) is 0.341. The Bertz CT molecular complexity index is 4520. The van der Waals surface area contributed by atoms with Crippen molar-refractivity contribution in [1.82, 2.24) is 39.9 Å². The van der Waals surface area contributed by atoms with Gasteiger partial charge in [0.2, 0.25) is 0 Å². The molecular formula is C85H106Ir4N8O12. The molecule has 0 spiro atoms. The summed E-state index contributed by atoms with van der Waals surface area (Å²) in [5.41, 5.74) is 16.7. The van der Waals surface area contributed by atoms with E-state index in [9.17, 15) is 0 Å². The van der Waals surface area contributed by atoms with Gasteiger partial charge in [-0.15, -0.1) is 0 Å². The predicted molar refractivity (Wildman–Crippen MR) is 422 cm³/mol. The van der Waals surface area contributed by atoms with Gasteiger partial charge in [-0.2, -0.15) is 0 Å². The van der Waals surface area contributed by atoms with Crippen molar-refractivity contribution in [2.24, 2.45) is 0 Å². The summed E-state index contributed by atoms with van der Waals surface area (Å²) < 4.78 is 20.9. The number of benzene rings is 4. The van der Waals surface area contributed by atoms with Gasteiger partial charge >= 0.3 is 0 Å².